The molecule has 0 aliphatic carbocycles. The number of hydrogen-bond donors (Lipinski definition) is 3. The van der Waals surface area contributed by atoms with Crippen LogP contribution in [0.1, 0.15) is 26.4 Å². The van der Waals surface area contributed by atoms with Crippen LogP contribution in [0.5, 0.6) is 0 Å². The van der Waals surface area contributed by atoms with Crippen LogP contribution in [0.2, 0.25) is 0 Å². The van der Waals surface area contributed by atoms with Crippen molar-refractivity contribution in [2.45, 2.75) is 6.92 Å². The van der Waals surface area contributed by atoms with E-state index in [1.54, 1.807) is 19.1 Å². The lowest BCUT2D eigenvalue weighted by atomic mass is 10.1. The summed E-state index contributed by atoms with van der Waals surface area (Å²) in [4.78, 5) is 24.6. The predicted molar refractivity (Wildman–Crippen MR) is 58.5 cm³/mol. The molecule has 1 aromatic heterocycles. The number of carbonyl (C=O) groups is 2. The minimum absolute atomic E-state index is 0.213. The zero-order chi connectivity index (χ0) is 11.9. The van der Waals surface area contributed by atoms with Crippen LogP contribution in [0.25, 0.3) is 10.9 Å². The van der Waals surface area contributed by atoms with Gasteiger partial charge >= 0.3 is 5.97 Å². The highest BCUT2D eigenvalue weighted by Gasteiger charge is 2.11. The molecule has 0 radical (unpaired) electrons. The van der Waals surface area contributed by atoms with Crippen molar-refractivity contribution >= 4 is 22.8 Å². The van der Waals surface area contributed by atoms with E-state index in [0.717, 1.165) is 5.39 Å². The monoisotopic (exact) mass is 218 g/mol. The summed E-state index contributed by atoms with van der Waals surface area (Å²) in [5, 5.41) is 9.71. The number of fused-ring (bicyclic) bond motifs is 1. The first-order valence-electron chi connectivity index (χ1n) is 4.65. The summed E-state index contributed by atoms with van der Waals surface area (Å²) < 4.78 is 0. The van der Waals surface area contributed by atoms with Gasteiger partial charge in [-0.1, -0.05) is 0 Å². The van der Waals surface area contributed by atoms with Crippen LogP contribution in [-0.4, -0.2) is 22.0 Å². The number of benzene rings is 1. The van der Waals surface area contributed by atoms with E-state index in [1.807, 2.05) is 0 Å². The number of nitrogens with one attached hydrogen (secondary N) is 1. The van der Waals surface area contributed by atoms with Crippen molar-refractivity contribution in [1.82, 2.24) is 4.98 Å². The van der Waals surface area contributed by atoms with Gasteiger partial charge < -0.3 is 15.8 Å². The molecule has 0 saturated heterocycles. The number of nitrogens with two attached hydrogens (primary N) is 1. The lowest BCUT2D eigenvalue weighted by molar-refractivity contribution is 0.0696. The van der Waals surface area contributed by atoms with E-state index in [4.69, 9.17) is 10.8 Å². The highest BCUT2D eigenvalue weighted by atomic mass is 16.4. The van der Waals surface area contributed by atoms with Crippen LogP contribution in [0, 0.1) is 6.92 Å². The molecule has 5 heteroatoms. The quantitative estimate of drug-likeness (QED) is 0.708. The molecule has 0 unspecified atom stereocenters. The van der Waals surface area contributed by atoms with Crippen LogP contribution in [0.4, 0.5) is 0 Å². The molecule has 1 heterocycles. The fourth-order valence-electron chi connectivity index (χ4n) is 1.66. The van der Waals surface area contributed by atoms with E-state index in [-0.39, 0.29) is 11.3 Å². The number of amides is 1. The Morgan fingerprint density at radius 2 is 2.00 bits per heavy atom. The number of carbonyl (C=O) groups excluding carboxylic acids is 1. The topological polar surface area (TPSA) is 96.2 Å². The Kier molecular flexibility index (Phi) is 2.16. The second-order valence-electron chi connectivity index (χ2n) is 3.61. The van der Waals surface area contributed by atoms with Gasteiger partial charge in [-0.05, 0) is 30.7 Å². The number of carboxylic acid groups (broad SMARTS) is 1. The molecule has 1 amide bonds. The molecule has 4 N–H and O–H groups in total. The summed E-state index contributed by atoms with van der Waals surface area (Å²) in [6.07, 6.45) is 0. The average molecular weight is 218 g/mol. The molecule has 0 aliphatic rings. The molecule has 2 rings (SSSR count). The van der Waals surface area contributed by atoms with Gasteiger partial charge in [-0.2, -0.15) is 0 Å². The fourth-order valence-corrected chi connectivity index (χ4v) is 1.66. The molecule has 0 saturated carbocycles. The second-order valence-corrected chi connectivity index (χ2v) is 3.61. The fraction of sp³-hybridized carbons (Fsp3) is 0.0909. The number of primary amides is 1. The van der Waals surface area contributed by atoms with Crippen molar-refractivity contribution in [3.63, 3.8) is 0 Å². The second kappa shape index (κ2) is 3.37. The molecule has 1 aromatic carbocycles. The average Bonchev–Trinajstić information content (AvgIpc) is 2.58. The van der Waals surface area contributed by atoms with Gasteiger partial charge in [0.25, 0.3) is 5.91 Å². The van der Waals surface area contributed by atoms with Gasteiger partial charge in [0.2, 0.25) is 0 Å². The minimum Gasteiger partial charge on any atom is -0.478 e. The van der Waals surface area contributed by atoms with Gasteiger partial charge in [0, 0.05) is 10.9 Å². The number of hydrogen-bond acceptors (Lipinski definition) is 2. The number of rotatable bonds is 2. The number of aromatic amines is 1. The van der Waals surface area contributed by atoms with Crippen LogP contribution in [-0.2, 0) is 0 Å². The largest absolute Gasteiger partial charge is 0.478 e. The van der Waals surface area contributed by atoms with Crippen molar-refractivity contribution in [3.05, 3.63) is 35.0 Å². The minimum atomic E-state index is -0.991. The summed E-state index contributed by atoms with van der Waals surface area (Å²) in [6.45, 7) is 1.71. The number of carboxylic acids is 1. The van der Waals surface area contributed by atoms with Gasteiger partial charge in [0.1, 0.15) is 5.69 Å². The number of aryl methyl sites for hydroxylation is 1. The Bertz CT molecular complexity index is 599. The van der Waals surface area contributed by atoms with Crippen LogP contribution >= 0.6 is 0 Å². The molecular weight excluding hydrogens is 208 g/mol. The smallest absolute Gasteiger partial charge is 0.336 e. The normalized spacial score (nSPS) is 10.6. The first kappa shape index (κ1) is 10.2. The van der Waals surface area contributed by atoms with E-state index in [9.17, 15) is 9.59 Å². The molecule has 16 heavy (non-hydrogen) atoms. The molecule has 5 nitrogen and oxygen atoms in total. The summed E-state index contributed by atoms with van der Waals surface area (Å²) in [5.74, 6) is -1.56. The van der Waals surface area contributed by atoms with E-state index >= 15 is 0 Å². The Balaban J connectivity index is 2.70. The van der Waals surface area contributed by atoms with E-state index in [1.165, 1.54) is 6.07 Å². The highest BCUT2D eigenvalue weighted by molar-refractivity contribution is 6.00. The number of aromatic carboxylic acids is 1. The molecule has 0 atom stereocenters. The molecule has 82 valence electrons. The first-order chi connectivity index (χ1) is 7.49. The van der Waals surface area contributed by atoms with Gasteiger partial charge in [-0.25, -0.2) is 4.79 Å². The van der Waals surface area contributed by atoms with Crippen molar-refractivity contribution in [2.24, 2.45) is 5.73 Å². The SMILES string of the molecule is Cc1cc2cc(C(N)=O)[nH]c2cc1C(=O)O. The highest BCUT2D eigenvalue weighted by Crippen LogP contribution is 2.20. The van der Waals surface area contributed by atoms with Crippen molar-refractivity contribution < 1.29 is 14.7 Å². The maximum Gasteiger partial charge on any atom is 0.336 e. The summed E-state index contributed by atoms with van der Waals surface area (Å²) in [6, 6.07) is 4.82. The van der Waals surface area contributed by atoms with Crippen molar-refractivity contribution in [3.8, 4) is 0 Å². The van der Waals surface area contributed by atoms with Crippen LogP contribution < -0.4 is 5.73 Å². The maximum absolute atomic E-state index is 10.9. The van der Waals surface area contributed by atoms with E-state index in [2.05, 4.69) is 4.98 Å². The Hall–Kier alpha value is -2.30. The lowest BCUT2D eigenvalue weighted by Crippen LogP contribution is -2.10. The summed E-state index contributed by atoms with van der Waals surface area (Å²) in [5.41, 5.74) is 6.86. The van der Waals surface area contributed by atoms with Crippen LogP contribution in [0.15, 0.2) is 18.2 Å². The Labute approximate surface area is 90.9 Å². The molecule has 0 bridgehead atoms. The van der Waals surface area contributed by atoms with E-state index in [0.29, 0.717) is 11.1 Å². The summed E-state index contributed by atoms with van der Waals surface area (Å²) >= 11 is 0. The zero-order valence-corrected chi connectivity index (χ0v) is 8.57. The Morgan fingerprint density at radius 3 is 2.56 bits per heavy atom. The zero-order valence-electron chi connectivity index (χ0n) is 8.57. The van der Waals surface area contributed by atoms with Crippen molar-refractivity contribution in [1.29, 1.82) is 0 Å². The predicted octanol–water partition coefficient (Wildman–Crippen LogP) is 1.27. The van der Waals surface area contributed by atoms with E-state index < -0.39 is 11.9 Å². The Morgan fingerprint density at radius 1 is 1.31 bits per heavy atom. The summed E-state index contributed by atoms with van der Waals surface area (Å²) in [7, 11) is 0. The lowest BCUT2D eigenvalue weighted by Gasteiger charge is -2.00. The molecule has 0 fully saturated rings. The molecule has 2 aromatic rings. The van der Waals surface area contributed by atoms with Crippen LogP contribution in [0.3, 0.4) is 0 Å². The standard InChI is InChI=1S/C11H10N2O3/c1-5-2-6-3-9(10(12)14)13-8(6)4-7(5)11(15)16/h2-4,13H,1H3,(H2,12,14)(H,15,16). The third kappa shape index (κ3) is 1.52. The molecule has 0 aliphatic heterocycles. The molecular formula is C11H10N2O3. The van der Waals surface area contributed by atoms with Gasteiger partial charge in [0.05, 0.1) is 5.56 Å². The third-order valence-corrected chi connectivity index (χ3v) is 2.46. The maximum atomic E-state index is 10.9. The number of aromatic nitrogens is 1. The van der Waals surface area contributed by atoms with Gasteiger partial charge in [-0.15, -0.1) is 0 Å². The van der Waals surface area contributed by atoms with Gasteiger partial charge in [0.15, 0.2) is 0 Å². The third-order valence-electron chi connectivity index (χ3n) is 2.46. The molecule has 0 spiro atoms. The van der Waals surface area contributed by atoms with Crippen molar-refractivity contribution in [2.75, 3.05) is 0 Å². The van der Waals surface area contributed by atoms with Gasteiger partial charge in [-0.3, -0.25) is 4.79 Å². The first-order valence-corrected chi connectivity index (χ1v) is 4.65. The number of H-pyrrole nitrogens is 1.